The number of aromatic nitrogens is 1. The lowest BCUT2D eigenvalue weighted by Crippen LogP contribution is -2.28. The second kappa shape index (κ2) is 6.52. The zero-order chi connectivity index (χ0) is 14.4. The van der Waals surface area contributed by atoms with Gasteiger partial charge in [-0.25, -0.2) is 0 Å². The summed E-state index contributed by atoms with van der Waals surface area (Å²) >= 11 is 0. The lowest BCUT2D eigenvalue weighted by atomic mass is 10.1. The van der Waals surface area contributed by atoms with Gasteiger partial charge in [0.15, 0.2) is 0 Å². The third kappa shape index (κ3) is 3.23. The molecule has 0 atom stereocenters. The van der Waals surface area contributed by atoms with Crippen LogP contribution in [0.2, 0.25) is 0 Å². The van der Waals surface area contributed by atoms with Crippen LogP contribution in [0.5, 0.6) is 0 Å². The van der Waals surface area contributed by atoms with Crippen LogP contribution in [0.25, 0.3) is 6.08 Å². The van der Waals surface area contributed by atoms with Gasteiger partial charge in [-0.2, -0.15) is 0 Å². The number of carbonyl (C=O) groups excluding carboxylic acids is 1. The van der Waals surface area contributed by atoms with Crippen LogP contribution in [0.4, 0.5) is 5.69 Å². The Kier molecular flexibility index (Phi) is 4.50. The Bertz CT molecular complexity index is 598. The molecule has 0 radical (unpaired) electrons. The normalized spacial score (nSPS) is 10.7. The first-order valence-electron chi connectivity index (χ1n) is 6.30. The van der Waals surface area contributed by atoms with Gasteiger partial charge in [0.2, 0.25) is 0 Å². The van der Waals surface area contributed by atoms with E-state index in [0.717, 1.165) is 11.3 Å². The van der Waals surface area contributed by atoms with Gasteiger partial charge in [-0.05, 0) is 30.7 Å². The van der Waals surface area contributed by atoms with Gasteiger partial charge in [0.25, 0.3) is 5.91 Å². The Balaban J connectivity index is 2.26. The topological polar surface area (TPSA) is 46.3 Å². The zero-order valence-electron chi connectivity index (χ0n) is 11.3. The molecule has 0 saturated heterocycles. The van der Waals surface area contributed by atoms with Gasteiger partial charge in [0, 0.05) is 11.8 Å². The molecular formula is C16H16N2O2. The molecule has 20 heavy (non-hydrogen) atoms. The quantitative estimate of drug-likeness (QED) is 0.780. The third-order valence-electron chi connectivity index (χ3n) is 2.82. The average molecular weight is 268 g/mol. The van der Waals surface area contributed by atoms with E-state index in [0.29, 0.717) is 12.2 Å². The highest BCUT2D eigenvalue weighted by atomic mass is 16.5. The number of benzene rings is 1. The maximum atomic E-state index is 12.0. The summed E-state index contributed by atoms with van der Waals surface area (Å²) in [7, 11) is 0. The first-order chi connectivity index (χ1) is 9.74. The van der Waals surface area contributed by atoms with E-state index in [2.05, 4.69) is 11.7 Å². The fourth-order valence-electron chi connectivity index (χ4n) is 1.85. The van der Waals surface area contributed by atoms with Gasteiger partial charge in [-0.3, -0.25) is 4.79 Å². The lowest BCUT2D eigenvalue weighted by Gasteiger charge is -2.20. The first kappa shape index (κ1) is 13.8. The molecule has 0 aliphatic rings. The molecule has 0 bridgehead atoms. The van der Waals surface area contributed by atoms with Gasteiger partial charge in [-0.15, -0.1) is 0 Å². The summed E-state index contributed by atoms with van der Waals surface area (Å²) in [5, 5.41) is 3.83. The van der Waals surface area contributed by atoms with E-state index >= 15 is 0 Å². The number of nitrogens with zero attached hydrogens (tertiary/aromatic N) is 2. The summed E-state index contributed by atoms with van der Waals surface area (Å²) < 4.78 is 4.79. The summed E-state index contributed by atoms with van der Waals surface area (Å²) in [5.74, 6) is -0.174. The Morgan fingerprint density at radius 1 is 1.35 bits per heavy atom. The van der Waals surface area contributed by atoms with Crippen molar-refractivity contribution in [3.63, 3.8) is 0 Å². The highest BCUT2D eigenvalue weighted by molar-refractivity contribution is 6.00. The summed E-state index contributed by atoms with van der Waals surface area (Å²) in [6.07, 6.45) is 6.75. The SMILES string of the molecule is C=CC(=O)N(Cc1ccon1)c1ccc(/C=C/C)cc1. The molecule has 4 nitrogen and oxygen atoms in total. The largest absolute Gasteiger partial charge is 0.364 e. The molecule has 0 spiro atoms. The van der Waals surface area contributed by atoms with Gasteiger partial charge in [-0.1, -0.05) is 36.0 Å². The number of hydrogen-bond donors (Lipinski definition) is 0. The third-order valence-corrected chi connectivity index (χ3v) is 2.82. The second-order valence-electron chi connectivity index (χ2n) is 4.21. The Hall–Kier alpha value is -2.62. The lowest BCUT2D eigenvalue weighted by molar-refractivity contribution is -0.114. The van der Waals surface area contributed by atoms with Crippen molar-refractivity contribution >= 4 is 17.7 Å². The molecular weight excluding hydrogens is 252 g/mol. The molecule has 2 aromatic rings. The van der Waals surface area contributed by atoms with Crippen LogP contribution in [0.15, 0.2) is 59.8 Å². The number of carbonyl (C=O) groups is 1. The van der Waals surface area contributed by atoms with E-state index in [1.54, 1.807) is 11.0 Å². The van der Waals surface area contributed by atoms with E-state index in [1.807, 2.05) is 43.3 Å². The summed E-state index contributed by atoms with van der Waals surface area (Å²) in [6.45, 7) is 5.85. The highest BCUT2D eigenvalue weighted by Crippen LogP contribution is 2.19. The van der Waals surface area contributed by atoms with Gasteiger partial charge >= 0.3 is 0 Å². The fourth-order valence-corrected chi connectivity index (χ4v) is 1.85. The molecule has 0 unspecified atom stereocenters. The first-order valence-corrected chi connectivity index (χ1v) is 6.30. The standard InChI is InChI=1S/C16H16N2O2/c1-3-5-13-6-8-15(9-7-13)18(16(19)4-2)12-14-10-11-20-17-14/h3-11H,2,12H2,1H3/b5-3+. The van der Waals surface area contributed by atoms with Crippen molar-refractivity contribution in [2.75, 3.05) is 4.90 Å². The van der Waals surface area contributed by atoms with E-state index in [9.17, 15) is 4.79 Å². The molecule has 0 fully saturated rings. The Labute approximate surface area is 118 Å². The van der Waals surface area contributed by atoms with E-state index < -0.39 is 0 Å². The average Bonchev–Trinajstić information content (AvgIpc) is 2.98. The number of hydrogen-bond acceptors (Lipinski definition) is 3. The molecule has 0 aliphatic heterocycles. The van der Waals surface area contributed by atoms with Crippen LogP contribution in [0.3, 0.4) is 0 Å². The van der Waals surface area contributed by atoms with Crippen LogP contribution in [-0.4, -0.2) is 11.1 Å². The van der Waals surface area contributed by atoms with Crippen LogP contribution >= 0.6 is 0 Å². The van der Waals surface area contributed by atoms with Crippen LogP contribution in [-0.2, 0) is 11.3 Å². The van der Waals surface area contributed by atoms with Crippen molar-refractivity contribution in [1.82, 2.24) is 5.16 Å². The monoisotopic (exact) mass is 268 g/mol. The van der Waals surface area contributed by atoms with Crippen molar-refractivity contribution in [3.05, 3.63) is 66.6 Å². The number of anilines is 1. The van der Waals surface area contributed by atoms with Crippen LogP contribution in [0, 0.1) is 0 Å². The maximum absolute atomic E-state index is 12.0. The Morgan fingerprint density at radius 3 is 2.65 bits per heavy atom. The van der Waals surface area contributed by atoms with Crippen molar-refractivity contribution in [3.8, 4) is 0 Å². The van der Waals surface area contributed by atoms with Gasteiger partial charge < -0.3 is 9.42 Å². The molecule has 1 heterocycles. The molecule has 1 amide bonds. The smallest absolute Gasteiger partial charge is 0.250 e. The molecule has 0 N–H and O–H groups in total. The molecule has 1 aromatic carbocycles. The molecule has 1 aromatic heterocycles. The Morgan fingerprint density at radius 2 is 2.10 bits per heavy atom. The maximum Gasteiger partial charge on any atom is 0.250 e. The zero-order valence-corrected chi connectivity index (χ0v) is 11.3. The highest BCUT2D eigenvalue weighted by Gasteiger charge is 2.14. The van der Waals surface area contributed by atoms with Crippen molar-refractivity contribution in [2.24, 2.45) is 0 Å². The predicted octanol–water partition coefficient (Wildman–Crippen LogP) is 3.43. The number of amides is 1. The summed E-state index contributed by atoms with van der Waals surface area (Å²) in [5.41, 5.74) is 2.58. The van der Waals surface area contributed by atoms with Crippen LogP contribution in [0.1, 0.15) is 18.2 Å². The minimum atomic E-state index is -0.174. The van der Waals surface area contributed by atoms with Gasteiger partial charge in [0.05, 0.1) is 6.54 Å². The van der Waals surface area contributed by atoms with Crippen LogP contribution < -0.4 is 4.90 Å². The van der Waals surface area contributed by atoms with Gasteiger partial charge in [0.1, 0.15) is 12.0 Å². The van der Waals surface area contributed by atoms with E-state index in [4.69, 9.17) is 4.52 Å². The minimum Gasteiger partial charge on any atom is -0.364 e. The van der Waals surface area contributed by atoms with Crippen molar-refractivity contribution in [2.45, 2.75) is 13.5 Å². The molecule has 0 aliphatic carbocycles. The molecule has 0 saturated carbocycles. The van der Waals surface area contributed by atoms with Crippen molar-refractivity contribution in [1.29, 1.82) is 0 Å². The number of rotatable bonds is 5. The minimum absolute atomic E-state index is 0.174. The second-order valence-corrected chi connectivity index (χ2v) is 4.21. The summed E-state index contributed by atoms with van der Waals surface area (Å²) in [4.78, 5) is 13.6. The fraction of sp³-hybridized carbons (Fsp3) is 0.125. The predicted molar refractivity (Wildman–Crippen MR) is 79.0 cm³/mol. The van der Waals surface area contributed by atoms with Crippen molar-refractivity contribution < 1.29 is 9.32 Å². The van der Waals surface area contributed by atoms with E-state index in [-0.39, 0.29) is 5.91 Å². The number of allylic oxidation sites excluding steroid dienone is 1. The molecule has 102 valence electrons. The summed E-state index contributed by atoms with van der Waals surface area (Å²) in [6, 6.07) is 9.45. The van der Waals surface area contributed by atoms with E-state index in [1.165, 1.54) is 12.3 Å². The molecule has 4 heteroatoms. The molecule has 2 rings (SSSR count).